The van der Waals surface area contributed by atoms with Gasteiger partial charge in [0.25, 0.3) is 5.91 Å². The number of nitrogens with zero attached hydrogens (tertiary/aromatic N) is 1. The number of piperazine rings is 1. The molecule has 0 bridgehead atoms. The average molecular weight is 261 g/mol. The van der Waals surface area contributed by atoms with E-state index in [0.29, 0.717) is 0 Å². The molecule has 1 saturated heterocycles. The van der Waals surface area contributed by atoms with Crippen molar-refractivity contribution in [2.24, 2.45) is 0 Å². The molecule has 1 heterocycles. The topological polar surface area (TPSA) is 44.4 Å². The molecule has 0 aromatic heterocycles. The summed E-state index contributed by atoms with van der Waals surface area (Å²) < 4.78 is 0. The average Bonchev–Trinajstić information content (AvgIpc) is 2.48. The van der Waals surface area contributed by atoms with Crippen molar-refractivity contribution >= 4 is 11.6 Å². The zero-order valence-electron chi connectivity index (χ0n) is 11.8. The summed E-state index contributed by atoms with van der Waals surface area (Å²) in [5.41, 5.74) is 1.93. The number of carbonyl (C=O) groups excluding carboxylic acids is 1. The molecule has 4 nitrogen and oxygen atoms in total. The van der Waals surface area contributed by atoms with Gasteiger partial charge < -0.3 is 15.5 Å². The number of hydrogen-bond donors (Lipinski definition) is 2. The van der Waals surface area contributed by atoms with Crippen LogP contribution in [0.2, 0.25) is 0 Å². The van der Waals surface area contributed by atoms with E-state index in [0.717, 1.165) is 38.2 Å². The molecule has 19 heavy (non-hydrogen) atoms. The standard InChI is InChI=1S/C15H23N3O/c1-3-12(2)17-15(19)13-4-6-14(7-5-13)18-10-8-16-9-11-18/h4-7,12,16H,3,8-11H2,1-2H3,(H,17,19). The summed E-state index contributed by atoms with van der Waals surface area (Å²) in [6.07, 6.45) is 0.949. The highest BCUT2D eigenvalue weighted by atomic mass is 16.1. The fraction of sp³-hybridized carbons (Fsp3) is 0.533. The van der Waals surface area contributed by atoms with E-state index < -0.39 is 0 Å². The van der Waals surface area contributed by atoms with E-state index in [1.165, 1.54) is 5.69 Å². The molecule has 1 aromatic rings. The number of amides is 1. The summed E-state index contributed by atoms with van der Waals surface area (Å²) >= 11 is 0. The third-order valence-electron chi connectivity index (χ3n) is 3.60. The first-order chi connectivity index (χ1) is 9.20. The molecule has 2 rings (SSSR count). The van der Waals surface area contributed by atoms with Crippen molar-refractivity contribution in [1.29, 1.82) is 0 Å². The summed E-state index contributed by atoms with van der Waals surface area (Å²) in [5.74, 6) is 0.0150. The number of hydrogen-bond acceptors (Lipinski definition) is 3. The molecule has 1 aromatic carbocycles. The Hall–Kier alpha value is -1.55. The highest BCUT2D eigenvalue weighted by Gasteiger charge is 2.12. The van der Waals surface area contributed by atoms with E-state index in [-0.39, 0.29) is 11.9 Å². The SMILES string of the molecule is CCC(C)NC(=O)c1ccc(N2CCNCC2)cc1. The van der Waals surface area contributed by atoms with Crippen LogP contribution in [0.4, 0.5) is 5.69 Å². The minimum atomic E-state index is 0.0150. The van der Waals surface area contributed by atoms with Crippen LogP contribution in [0.1, 0.15) is 30.6 Å². The minimum absolute atomic E-state index is 0.0150. The van der Waals surface area contributed by atoms with Gasteiger partial charge in [0.15, 0.2) is 0 Å². The van der Waals surface area contributed by atoms with E-state index >= 15 is 0 Å². The van der Waals surface area contributed by atoms with Gasteiger partial charge in [0.05, 0.1) is 0 Å². The molecule has 0 radical (unpaired) electrons. The second-order valence-corrected chi connectivity index (χ2v) is 5.07. The fourth-order valence-corrected chi connectivity index (χ4v) is 2.16. The van der Waals surface area contributed by atoms with Gasteiger partial charge >= 0.3 is 0 Å². The Labute approximate surface area is 115 Å². The molecular weight excluding hydrogens is 238 g/mol. The summed E-state index contributed by atoms with van der Waals surface area (Å²) in [6, 6.07) is 8.12. The van der Waals surface area contributed by atoms with Crippen molar-refractivity contribution in [1.82, 2.24) is 10.6 Å². The first-order valence-corrected chi connectivity index (χ1v) is 7.07. The molecule has 1 amide bonds. The number of rotatable bonds is 4. The van der Waals surface area contributed by atoms with Gasteiger partial charge in [0.2, 0.25) is 0 Å². The van der Waals surface area contributed by atoms with Gasteiger partial charge in [-0.1, -0.05) is 6.92 Å². The summed E-state index contributed by atoms with van der Waals surface area (Å²) in [6.45, 7) is 8.19. The zero-order chi connectivity index (χ0) is 13.7. The van der Waals surface area contributed by atoms with Gasteiger partial charge in [-0.25, -0.2) is 0 Å². The molecule has 2 N–H and O–H groups in total. The quantitative estimate of drug-likeness (QED) is 0.866. The second-order valence-electron chi connectivity index (χ2n) is 5.07. The van der Waals surface area contributed by atoms with Crippen molar-refractivity contribution in [2.45, 2.75) is 26.3 Å². The Morgan fingerprint density at radius 3 is 2.53 bits per heavy atom. The molecule has 4 heteroatoms. The molecular formula is C15H23N3O. The highest BCUT2D eigenvalue weighted by Crippen LogP contribution is 2.15. The third kappa shape index (κ3) is 3.70. The molecule has 1 unspecified atom stereocenters. The van der Waals surface area contributed by atoms with Crippen molar-refractivity contribution < 1.29 is 4.79 Å². The van der Waals surface area contributed by atoms with Crippen LogP contribution in [0.25, 0.3) is 0 Å². The van der Waals surface area contributed by atoms with Crippen molar-refractivity contribution in [3.05, 3.63) is 29.8 Å². The second kappa shape index (κ2) is 6.57. The molecule has 1 fully saturated rings. The van der Waals surface area contributed by atoms with Crippen LogP contribution in [-0.4, -0.2) is 38.1 Å². The van der Waals surface area contributed by atoms with Crippen LogP contribution in [-0.2, 0) is 0 Å². The third-order valence-corrected chi connectivity index (χ3v) is 3.60. The normalized spacial score (nSPS) is 17.1. The molecule has 0 saturated carbocycles. The van der Waals surface area contributed by atoms with Gasteiger partial charge in [0, 0.05) is 43.5 Å². The lowest BCUT2D eigenvalue weighted by Gasteiger charge is -2.29. The number of benzene rings is 1. The van der Waals surface area contributed by atoms with Gasteiger partial charge in [-0.3, -0.25) is 4.79 Å². The lowest BCUT2D eigenvalue weighted by molar-refractivity contribution is 0.0939. The van der Waals surface area contributed by atoms with Crippen LogP contribution in [0.15, 0.2) is 24.3 Å². The first kappa shape index (κ1) is 13.9. The van der Waals surface area contributed by atoms with E-state index in [1.54, 1.807) is 0 Å². The maximum Gasteiger partial charge on any atom is 0.251 e. The van der Waals surface area contributed by atoms with E-state index in [4.69, 9.17) is 0 Å². The van der Waals surface area contributed by atoms with Gasteiger partial charge in [-0.15, -0.1) is 0 Å². The number of anilines is 1. The largest absolute Gasteiger partial charge is 0.369 e. The predicted molar refractivity (Wildman–Crippen MR) is 78.7 cm³/mol. The molecule has 104 valence electrons. The number of carbonyl (C=O) groups is 1. The Bertz CT molecular complexity index is 410. The molecule has 1 atom stereocenters. The number of nitrogens with one attached hydrogen (secondary N) is 2. The first-order valence-electron chi connectivity index (χ1n) is 7.07. The van der Waals surface area contributed by atoms with Gasteiger partial charge in [0.1, 0.15) is 0 Å². The molecule has 0 aliphatic carbocycles. The maximum absolute atomic E-state index is 12.0. The fourth-order valence-electron chi connectivity index (χ4n) is 2.16. The van der Waals surface area contributed by atoms with Crippen LogP contribution >= 0.6 is 0 Å². The van der Waals surface area contributed by atoms with E-state index in [1.807, 2.05) is 31.2 Å². The van der Waals surface area contributed by atoms with Crippen molar-refractivity contribution in [3.63, 3.8) is 0 Å². The monoisotopic (exact) mass is 261 g/mol. The Kier molecular flexibility index (Phi) is 4.80. The predicted octanol–water partition coefficient (Wildman–Crippen LogP) is 1.62. The Balaban J connectivity index is 1.99. The smallest absolute Gasteiger partial charge is 0.251 e. The van der Waals surface area contributed by atoms with Gasteiger partial charge in [-0.2, -0.15) is 0 Å². The highest BCUT2D eigenvalue weighted by molar-refractivity contribution is 5.94. The summed E-state index contributed by atoms with van der Waals surface area (Å²) in [4.78, 5) is 14.3. The lowest BCUT2D eigenvalue weighted by Crippen LogP contribution is -2.43. The minimum Gasteiger partial charge on any atom is -0.369 e. The molecule has 1 aliphatic heterocycles. The molecule has 1 aliphatic rings. The summed E-state index contributed by atoms with van der Waals surface area (Å²) in [7, 11) is 0. The lowest BCUT2D eigenvalue weighted by atomic mass is 10.1. The maximum atomic E-state index is 12.0. The van der Waals surface area contributed by atoms with Gasteiger partial charge in [-0.05, 0) is 37.6 Å². The van der Waals surface area contributed by atoms with E-state index in [9.17, 15) is 4.79 Å². The van der Waals surface area contributed by atoms with Crippen LogP contribution in [0.3, 0.4) is 0 Å². The Morgan fingerprint density at radius 1 is 1.32 bits per heavy atom. The van der Waals surface area contributed by atoms with Crippen LogP contribution < -0.4 is 15.5 Å². The van der Waals surface area contributed by atoms with E-state index in [2.05, 4.69) is 22.5 Å². The Morgan fingerprint density at radius 2 is 1.95 bits per heavy atom. The summed E-state index contributed by atoms with van der Waals surface area (Å²) in [5, 5.41) is 6.32. The zero-order valence-corrected chi connectivity index (χ0v) is 11.8. The van der Waals surface area contributed by atoms with Crippen LogP contribution in [0, 0.1) is 0 Å². The van der Waals surface area contributed by atoms with Crippen molar-refractivity contribution in [3.8, 4) is 0 Å². The van der Waals surface area contributed by atoms with Crippen LogP contribution in [0.5, 0.6) is 0 Å². The van der Waals surface area contributed by atoms with Crippen molar-refractivity contribution in [2.75, 3.05) is 31.1 Å². The molecule has 0 spiro atoms.